The van der Waals surface area contributed by atoms with Crippen molar-refractivity contribution in [3.05, 3.63) is 77.3 Å². The van der Waals surface area contributed by atoms with Gasteiger partial charge in [-0.15, -0.1) is 17.9 Å². The van der Waals surface area contributed by atoms with Gasteiger partial charge >= 0.3 is 0 Å². The van der Waals surface area contributed by atoms with Gasteiger partial charge in [0.05, 0.1) is 7.11 Å². The summed E-state index contributed by atoms with van der Waals surface area (Å²) in [5.74, 6) is -0.765. The normalized spacial score (nSPS) is 10.4. The lowest BCUT2D eigenvalue weighted by Gasteiger charge is -2.12. The average molecular weight is 416 g/mol. The number of benzene rings is 2. The number of carbonyl (C=O) groups is 1. The highest BCUT2D eigenvalue weighted by atomic mass is 32.1. The Hall–Kier alpha value is -3.26. The van der Waals surface area contributed by atoms with Crippen molar-refractivity contribution in [2.75, 3.05) is 13.7 Å². The van der Waals surface area contributed by atoms with Crippen LogP contribution in [0.4, 0.5) is 8.78 Å². The van der Waals surface area contributed by atoms with Gasteiger partial charge in [0.1, 0.15) is 28.9 Å². The highest BCUT2D eigenvalue weighted by Gasteiger charge is 2.14. The standard InChI is InChI=1S/C21H18F2N2O3S/c1-3-8-24-20(26)17-12-29-21(25-17)13-5-7-18(19(9-13)27-2)28-11-14-4-6-15(22)10-16(14)23/h3-7,9-10,12H,1,8,11H2,2H3,(H,24,26). The van der Waals surface area contributed by atoms with Crippen LogP contribution in [0.5, 0.6) is 11.5 Å². The van der Waals surface area contributed by atoms with Gasteiger partial charge in [0, 0.05) is 29.1 Å². The Kier molecular flexibility index (Phi) is 6.56. The van der Waals surface area contributed by atoms with Gasteiger partial charge < -0.3 is 14.8 Å². The van der Waals surface area contributed by atoms with Crippen molar-refractivity contribution in [3.8, 4) is 22.1 Å². The van der Waals surface area contributed by atoms with Gasteiger partial charge in [-0.25, -0.2) is 13.8 Å². The first-order valence-corrected chi connectivity index (χ1v) is 9.49. The van der Waals surface area contributed by atoms with Crippen molar-refractivity contribution in [2.24, 2.45) is 0 Å². The van der Waals surface area contributed by atoms with Gasteiger partial charge in [-0.2, -0.15) is 0 Å². The second-order valence-corrected chi connectivity index (χ2v) is 6.78. The predicted molar refractivity (Wildman–Crippen MR) is 107 cm³/mol. The van der Waals surface area contributed by atoms with E-state index in [2.05, 4.69) is 16.9 Å². The molecule has 29 heavy (non-hydrogen) atoms. The molecule has 1 amide bonds. The van der Waals surface area contributed by atoms with Crippen molar-refractivity contribution in [1.29, 1.82) is 0 Å². The van der Waals surface area contributed by atoms with E-state index in [1.54, 1.807) is 29.7 Å². The van der Waals surface area contributed by atoms with Crippen molar-refractivity contribution >= 4 is 17.2 Å². The maximum absolute atomic E-state index is 13.8. The Bertz CT molecular complexity index is 1040. The molecule has 0 atom stereocenters. The molecule has 0 fully saturated rings. The van der Waals surface area contributed by atoms with Crippen LogP contribution in [0.15, 0.2) is 54.4 Å². The zero-order valence-electron chi connectivity index (χ0n) is 15.6. The van der Waals surface area contributed by atoms with Gasteiger partial charge in [0.25, 0.3) is 5.91 Å². The molecule has 2 aromatic carbocycles. The highest BCUT2D eigenvalue weighted by molar-refractivity contribution is 7.13. The Labute approximate surface area is 170 Å². The van der Waals surface area contributed by atoms with Crippen LogP contribution in [-0.2, 0) is 6.61 Å². The second kappa shape index (κ2) is 9.29. The SMILES string of the molecule is C=CCNC(=O)c1csc(-c2ccc(OCc3ccc(F)cc3F)c(OC)c2)n1. The van der Waals surface area contributed by atoms with E-state index >= 15 is 0 Å². The zero-order valence-corrected chi connectivity index (χ0v) is 16.4. The van der Waals surface area contributed by atoms with Gasteiger partial charge in [0.2, 0.25) is 0 Å². The first kappa shape index (κ1) is 20.5. The summed E-state index contributed by atoms with van der Waals surface area (Å²) in [6.45, 7) is 3.84. The van der Waals surface area contributed by atoms with Crippen LogP contribution in [0, 0.1) is 11.6 Å². The Morgan fingerprint density at radius 3 is 2.79 bits per heavy atom. The van der Waals surface area contributed by atoms with Crippen LogP contribution >= 0.6 is 11.3 Å². The summed E-state index contributed by atoms with van der Waals surface area (Å²) in [4.78, 5) is 16.3. The summed E-state index contributed by atoms with van der Waals surface area (Å²) < 4.78 is 37.8. The van der Waals surface area contributed by atoms with Crippen molar-refractivity contribution in [3.63, 3.8) is 0 Å². The molecule has 1 N–H and O–H groups in total. The van der Waals surface area contributed by atoms with Crippen LogP contribution in [0.2, 0.25) is 0 Å². The molecule has 8 heteroatoms. The molecule has 0 aliphatic heterocycles. The zero-order chi connectivity index (χ0) is 20.8. The molecule has 0 unspecified atom stereocenters. The van der Waals surface area contributed by atoms with E-state index in [1.807, 2.05) is 0 Å². The maximum atomic E-state index is 13.8. The number of nitrogens with one attached hydrogen (secondary N) is 1. The minimum absolute atomic E-state index is 0.0767. The summed E-state index contributed by atoms with van der Waals surface area (Å²) in [6, 6.07) is 8.48. The minimum Gasteiger partial charge on any atom is -0.493 e. The van der Waals surface area contributed by atoms with Crippen LogP contribution in [0.25, 0.3) is 10.6 Å². The fourth-order valence-corrected chi connectivity index (χ4v) is 3.28. The Balaban J connectivity index is 1.76. The fraction of sp³-hybridized carbons (Fsp3) is 0.143. The number of rotatable bonds is 8. The number of nitrogens with zero attached hydrogens (tertiary/aromatic N) is 1. The molecule has 0 aliphatic carbocycles. The van der Waals surface area contributed by atoms with E-state index in [1.165, 1.54) is 30.6 Å². The molecule has 0 bridgehead atoms. The Morgan fingerprint density at radius 1 is 1.24 bits per heavy atom. The number of halogens is 2. The lowest BCUT2D eigenvalue weighted by atomic mass is 10.2. The fourth-order valence-electron chi connectivity index (χ4n) is 2.48. The lowest BCUT2D eigenvalue weighted by Crippen LogP contribution is -2.23. The molecule has 0 spiro atoms. The van der Waals surface area contributed by atoms with Crippen molar-refractivity contribution in [1.82, 2.24) is 10.3 Å². The van der Waals surface area contributed by atoms with Gasteiger partial charge in [-0.3, -0.25) is 4.79 Å². The lowest BCUT2D eigenvalue weighted by molar-refractivity contribution is 0.0954. The number of hydrogen-bond donors (Lipinski definition) is 1. The first-order chi connectivity index (χ1) is 14.0. The van der Waals surface area contributed by atoms with Crippen LogP contribution < -0.4 is 14.8 Å². The van der Waals surface area contributed by atoms with Gasteiger partial charge in [0.15, 0.2) is 11.5 Å². The minimum atomic E-state index is -0.675. The van der Waals surface area contributed by atoms with E-state index in [4.69, 9.17) is 9.47 Å². The van der Waals surface area contributed by atoms with E-state index in [0.717, 1.165) is 11.6 Å². The highest BCUT2D eigenvalue weighted by Crippen LogP contribution is 2.34. The topological polar surface area (TPSA) is 60.5 Å². The summed E-state index contributed by atoms with van der Waals surface area (Å²) in [7, 11) is 1.49. The number of aromatic nitrogens is 1. The predicted octanol–water partition coefficient (Wildman–Crippen LogP) is 4.59. The second-order valence-electron chi connectivity index (χ2n) is 5.93. The van der Waals surface area contributed by atoms with Crippen LogP contribution in [0.3, 0.4) is 0 Å². The first-order valence-electron chi connectivity index (χ1n) is 8.61. The molecular formula is C21H18F2N2O3S. The molecule has 0 saturated carbocycles. The summed E-state index contributed by atoms with van der Waals surface area (Å²) in [5.41, 5.74) is 1.29. The van der Waals surface area contributed by atoms with E-state index in [9.17, 15) is 13.6 Å². The van der Waals surface area contributed by atoms with E-state index < -0.39 is 11.6 Å². The summed E-state index contributed by atoms with van der Waals surface area (Å²) in [6.07, 6.45) is 1.59. The number of ether oxygens (including phenoxy) is 2. The molecule has 150 valence electrons. The largest absolute Gasteiger partial charge is 0.493 e. The van der Waals surface area contributed by atoms with Crippen molar-refractivity contribution < 1.29 is 23.0 Å². The van der Waals surface area contributed by atoms with E-state index in [-0.39, 0.29) is 18.1 Å². The average Bonchev–Trinajstić information content (AvgIpc) is 3.21. The molecule has 3 rings (SSSR count). The number of carbonyl (C=O) groups excluding carboxylic acids is 1. The van der Waals surface area contributed by atoms with Crippen molar-refractivity contribution in [2.45, 2.75) is 6.61 Å². The third-order valence-electron chi connectivity index (χ3n) is 3.95. The molecule has 3 aromatic rings. The molecule has 0 aliphatic rings. The summed E-state index contributed by atoms with van der Waals surface area (Å²) in [5, 5.41) is 4.98. The quantitative estimate of drug-likeness (QED) is 0.546. The third kappa shape index (κ3) is 4.97. The monoisotopic (exact) mass is 416 g/mol. The van der Waals surface area contributed by atoms with Crippen LogP contribution in [-0.4, -0.2) is 24.5 Å². The van der Waals surface area contributed by atoms with Gasteiger partial charge in [-0.1, -0.05) is 6.08 Å². The molecule has 0 radical (unpaired) electrons. The maximum Gasteiger partial charge on any atom is 0.271 e. The Morgan fingerprint density at radius 2 is 2.07 bits per heavy atom. The smallest absolute Gasteiger partial charge is 0.271 e. The molecule has 5 nitrogen and oxygen atoms in total. The van der Waals surface area contributed by atoms with E-state index in [0.29, 0.717) is 28.7 Å². The molecule has 1 heterocycles. The third-order valence-corrected chi connectivity index (χ3v) is 4.84. The van der Waals surface area contributed by atoms with Gasteiger partial charge in [-0.05, 0) is 30.3 Å². The number of thiazole rings is 1. The van der Waals surface area contributed by atoms with Crippen LogP contribution in [0.1, 0.15) is 16.1 Å². The molecule has 1 aromatic heterocycles. The number of hydrogen-bond acceptors (Lipinski definition) is 5. The molecule has 0 saturated heterocycles. The molecular weight excluding hydrogens is 398 g/mol. The number of methoxy groups -OCH3 is 1. The summed E-state index contributed by atoms with van der Waals surface area (Å²) >= 11 is 1.32. The number of amides is 1.